The molecule has 4 aliphatic rings. The fraction of sp³-hybridized carbons (Fsp3) is 0.966. The summed E-state index contributed by atoms with van der Waals surface area (Å²) < 4.78 is 30.6. The number of aliphatic hydroxyl groups is 2. The summed E-state index contributed by atoms with van der Waals surface area (Å²) in [6, 6.07) is 0. The van der Waals surface area contributed by atoms with E-state index in [2.05, 4.69) is 20.8 Å². The Balaban J connectivity index is 1.33. The van der Waals surface area contributed by atoms with Crippen molar-refractivity contribution < 1.29 is 33.2 Å². The zero-order chi connectivity index (χ0) is 28.0. The van der Waals surface area contributed by atoms with Gasteiger partial charge in [-0.05, 0) is 104 Å². The summed E-state index contributed by atoms with van der Waals surface area (Å²) >= 11 is 0. The van der Waals surface area contributed by atoms with Crippen LogP contribution in [-0.2, 0) is 14.9 Å². The standard InChI is InChI=1S/C29H51NO7S/c1-18(6-5-7-19(2)27(33)30(34)14-15-38(35,36)37)22-8-9-23-26-24(11-13-29(22,23)4)28(3)12-10-21(31)16-20(28)17-25(26)32/h18-26,31-32,34H,5-17H2,1-4H3,(H,35,36,37)/t18-,19-,20+,21-,22-,23+,24+,25-,26+,28+,29-/m1/s1. The molecule has 4 fully saturated rings. The van der Waals surface area contributed by atoms with Gasteiger partial charge in [0.25, 0.3) is 10.1 Å². The third-order valence-electron chi connectivity index (χ3n) is 11.9. The molecule has 0 spiro atoms. The van der Waals surface area contributed by atoms with E-state index in [0.29, 0.717) is 47.0 Å². The lowest BCUT2D eigenvalue weighted by molar-refractivity contribution is -0.174. The average Bonchev–Trinajstić information content (AvgIpc) is 3.19. The van der Waals surface area contributed by atoms with Crippen molar-refractivity contribution in [3.63, 3.8) is 0 Å². The molecule has 38 heavy (non-hydrogen) atoms. The Labute approximate surface area is 229 Å². The molecule has 0 unspecified atom stereocenters. The Hall–Kier alpha value is -0.740. The minimum Gasteiger partial charge on any atom is -0.393 e. The SMILES string of the molecule is C[C@H](CCC[C@@H](C)[C@H]1CC[C@H]2[C@@H]3[C@H](O)C[C@@H]4C[C@H](O)CC[C@]4(C)[C@H]3CC[C@]12C)C(=O)N(O)CCS(=O)(=O)O. The van der Waals surface area contributed by atoms with Gasteiger partial charge in [-0.3, -0.25) is 14.6 Å². The van der Waals surface area contributed by atoms with Gasteiger partial charge in [0.05, 0.1) is 24.5 Å². The Morgan fingerprint density at radius 3 is 2.32 bits per heavy atom. The van der Waals surface area contributed by atoms with Gasteiger partial charge in [0.2, 0.25) is 5.91 Å². The summed E-state index contributed by atoms with van der Waals surface area (Å²) in [7, 11) is -4.23. The van der Waals surface area contributed by atoms with Crippen LogP contribution < -0.4 is 0 Å². The predicted molar refractivity (Wildman–Crippen MR) is 145 cm³/mol. The van der Waals surface area contributed by atoms with Crippen molar-refractivity contribution in [1.82, 2.24) is 5.06 Å². The van der Waals surface area contributed by atoms with E-state index in [1.165, 1.54) is 25.7 Å². The van der Waals surface area contributed by atoms with E-state index in [-0.39, 0.29) is 23.0 Å². The second-order valence-corrected chi connectivity index (χ2v) is 15.6. The Kier molecular flexibility index (Phi) is 8.96. The molecule has 220 valence electrons. The maximum absolute atomic E-state index is 12.4. The second-order valence-electron chi connectivity index (χ2n) is 14.0. The molecule has 9 heteroatoms. The summed E-state index contributed by atoms with van der Waals surface area (Å²) in [6.45, 7) is 8.57. The lowest BCUT2D eigenvalue weighted by atomic mass is 9.43. The second kappa shape index (κ2) is 11.3. The third-order valence-corrected chi connectivity index (χ3v) is 12.6. The highest BCUT2D eigenvalue weighted by Gasteiger charge is 2.62. The highest BCUT2D eigenvalue weighted by atomic mass is 32.2. The number of amides is 1. The van der Waals surface area contributed by atoms with E-state index in [1.54, 1.807) is 6.92 Å². The number of nitrogens with zero attached hydrogens (tertiary/aromatic N) is 1. The average molecular weight is 558 g/mol. The van der Waals surface area contributed by atoms with Crippen molar-refractivity contribution in [2.24, 2.45) is 52.3 Å². The molecule has 0 aromatic carbocycles. The van der Waals surface area contributed by atoms with E-state index < -0.39 is 34.2 Å². The van der Waals surface area contributed by atoms with E-state index in [9.17, 15) is 28.6 Å². The number of rotatable bonds is 9. The summed E-state index contributed by atoms with van der Waals surface area (Å²) in [5, 5.41) is 32.0. The smallest absolute Gasteiger partial charge is 0.266 e. The van der Waals surface area contributed by atoms with E-state index in [1.807, 2.05) is 0 Å². The first-order valence-corrected chi connectivity index (χ1v) is 16.6. The van der Waals surface area contributed by atoms with Crippen LogP contribution in [0.5, 0.6) is 0 Å². The number of aliphatic hydroxyl groups excluding tert-OH is 2. The maximum atomic E-state index is 12.4. The van der Waals surface area contributed by atoms with Crippen LogP contribution >= 0.6 is 0 Å². The van der Waals surface area contributed by atoms with Crippen LogP contribution in [0, 0.1) is 52.3 Å². The van der Waals surface area contributed by atoms with Crippen LogP contribution in [-0.4, -0.2) is 63.9 Å². The molecule has 0 aromatic heterocycles. The number of carbonyl (C=O) groups is 1. The van der Waals surface area contributed by atoms with Gasteiger partial charge in [0.1, 0.15) is 0 Å². The number of hydroxylamine groups is 2. The number of hydrogen-bond acceptors (Lipinski definition) is 6. The first kappa shape index (κ1) is 30.2. The van der Waals surface area contributed by atoms with Crippen molar-refractivity contribution in [2.75, 3.05) is 12.3 Å². The molecule has 0 saturated heterocycles. The van der Waals surface area contributed by atoms with Crippen LogP contribution in [0.4, 0.5) is 0 Å². The van der Waals surface area contributed by atoms with Gasteiger partial charge in [-0.1, -0.05) is 40.5 Å². The number of hydrogen-bond donors (Lipinski definition) is 4. The summed E-state index contributed by atoms with van der Waals surface area (Å²) in [5.74, 6) is 1.35. The van der Waals surface area contributed by atoms with Crippen molar-refractivity contribution in [3.8, 4) is 0 Å². The number of fused-ring (bicyclic) bond motifs is 5. The lowest BCUT2D eigenvalue weighted by Gasteiger charge is -2.62. The molecule has 1 amide bonds. The fourth-order valence-corrected chi connectivity index (χ4v) is 10.2. The highest BCUT2D eigenvalue weighted by molar-refractivity contribution is 7.85. The quantitative estimate of drug-likeness (QED) is 0.186. The molecule has 0 bridgehead atoms. The van der Waals surface area contributed by atoms with E-state index in [4.69, 9.17) is 4.55 Å². The third kappa shape index (κ3) is 5.83. The van der Waals surface area contributed by atoms with Crippen LogP contribution in [0.1, 0.15) is 98.3 Å². The fourth-order valence-electron chi connectivity index (χ4n) is 9.81. The first-order valence-electron chi connectivity index (χ1n) is 15.0. The zero-order valence-electron chi connectivity index (χ0n) is 23.8. The van der Waals surface area contributed by atoms with E-state index in [0.717, 1.165) is 38.5 Å². The lowest BCUT2D eigenvalue weighted by Crippen LogP contribution is -2.58. The minimum absolute atomic E-state index is 0.211. The molecule has 0 heterocycles. The molecule has 0 aromatic rings. The topological polar surface area (TPSA) is 135 Å². The molecule has 4 rings (SSSR count). The molecular formula is C29H51NO7S. The zero-order valence-corrected chi connectivity index (χ0v) is 24.6. The molecular weight excluding hydrogens is 506 g/mol. The van der Waals surface area contributed by atoms with Gasteiger partial charge in [0, 0.05) is 5.92 Å². The minimum atomic E-state index is -4.23. The molecule has 8 nitrogen and oxygen atoms in total. The summed E-state index contributed by atoms with van der Waals surface area (Å²) in [6.07, 6.45) is 10.4. The highest BCUT2D eigenvalue weighted by Crippen LogP contribution is 2.68. The van der Waals surface area contributed by atoms with Crippen molar-refractivity contribution in [1.29, 1.82) is 0 Å². The predicted octanol–water partition coefficient (Wildman–Crippen LogP) is 4.53. The molecule has 4 saturated carbocycles. The van der Waals surface area contributed by atoms with Crippen LogP contribution in [0.3, 0.4) is 0 Å². The number of carbonyl (C=O) groups excluding carboxylic acids is 1. The van der Waals surface area contributed by atoms with Gasteiger partial charge in [-0.25, -0.2) is 5.06 Å². The van der Waals surface area contributed by atoms with Gasteiger partial charge in [-0.2, -0.15) is 8.42 Å². The van der Waals surface area contributed by atoms with Gasteiger partial charge < -0.3 is 10.2 Å². The Morgan fingerprint density at radius 2 is 1.63 bits per heavy atom. The molecule has 4 N–H and O–H groups in total. The molecule has 11 atom stereocenters. The Morgan fingerprint density at radius 1 is 0.974 bits per heavy atom. The monoisotopic (exact) mass is 557 g/mol. The maximum Gasteiger partial charge on any atom is 0.266 e. The molecule has 4 aliphatic carbocycles. The van der Waals surface area contributed by atoms with Gasteiger partial charge in [0.15, 0.2) is 0 Å². The summed E-state index contributed by atoms with van der Waals surface area (Å²) in [5.41, 5.74) is 0.455. The largest absolute Gasteiger partial charge is 0.393 e. The van der Waals surface area contributed by atoms with Crippen molar-refractivity contribution in [3.05, 3.63) is 0 Å². The normalized spacial score (nSPS) is 42.5. The summed E-state index contributed by atoms with van der Waals surface area (Å²) in [4.78, 5) is 12.4. The molecule has 0 radical (unpaired) electrons. The van der Waals surface area contributed by atoms with Crippen LogP contribution in [0.2, 0.25) is 0 Å². The first-order chi connectivity index (χ1) is 17.7. The Bertz CT molecular complexity index is 959. The molecule has 0 aliphatic heterocycles. The van der Waals surface area contributed by atoms with E-state index >= 15 is 0 Å². The van der Waals surface area contributed by atoms with Crippen LogP contribution in [0.15, 0.2) is 0 Å². The van der Waals surface area contributed by atoms with Crippen LogP contribution in [0.25, 0.3) is 0 Å². The van der Waals surface area contributed by atoms with Crippen molar-refractivity contribution in [2.45, 2.75) is 111 Å². The van der Waals surface area contributed by atoms with Gasteiger partial charge in [-0.15, -0.1) is 0 Å². The van der Waals surface area contributed by atoms with Crippen molar-refractivity contribution >= 4 is 16.0 Å². The van der Waals surface area contributed by atoms with Gasteiger partial charge >= 0.3 is 0 Å².